The fraction of sp³-hybridized carbons (Fsp3) is 0.111. The van der Waals surface area contributed by atoms with E-state index in [1.165, 1.54) is 0 Å². The SMILES string of the molecule is C1=CC(c2ccccc2)OO1. The fourth-order valence-electron chi connectivity index (χ4n) is 1.04. The molecule has 0 saturated heterocycles. The second-order valence-electron chi connectivity index (χ2n) is 2.35. The van der Waals surface area contributed by atoms with Crippen LogP contribution in [-0.2, 0) is 9.78 Å². The summed E-state index contributed by atoms with van der Waals surface area (Å²) in [4.78, 5) is 9.56. The topological polar surface area (TPSA) is 18.5 Å². The van der Waals surface area contributed by atoms with Crippen LogP contribution in [0.3, 0.4) is 0 Å². The third kappa shape index (κ3) is 1.25. The molecule has 0 bridgehead atoms. The van der Waals surface area contributed by atoms with Gasteiger partial charge < -0.3 is 4.89 Å². The predicted molar refractivity (Wildman–Crippen MR) is 40.5 cm³/mol. The molecule has 1 heterocycles. The molecule has 0 amide bonds. The van der Waals surface area contributed by atoms with Crippen molar-refractivity contribution in [2.24, 2.45) is 0 Å². The van der Waals surface area contributed by atoms with Gasteiger partial charge in [-0.05, 0) is 11.6 Å². The smallest absolute Gasteiger partial charge is 0.151 e. The van der Waals surface area contributed by atoms with E-state index in [0.717, 1.165) is 5.56 Å². The van der Waals surface area contributed by atoms with Crippen LogP contribution in [0.25, 0.3) is 0 Å². The molecule has 11 heavy (non-hydrogen) atoms. The molecule has 1 atom stereocenters. The number of rotatable bonds is 1. The molecule has 0 fully saturated rings. The molecule has 0 aliphatic carbocycles. The standard InChI is InChI=1S/C9H8O2/c1-2-4-8(5-3-1)9-6-7-10-11-9/h1-7,9H. The zero-order chi connectivity index (χ0) is 7.52. The molecule has 1 aliphatic rings. The van der Waals surface area contributed by atoms with Crippen molar-refractivity contribution in [1.82, 2.24) is 0 Å². The van der Waals surface area contributed by atoms with E-state index in [1.54, 1.807) is 6.26 Å². The highest BCUT2D eigenvalue weighted by Gasteiger charge is 2.12. The molecule has 0 N–H and O–H groups in total. The highest BCUT2D eigenvalue weighted by molar-refractivity contribution is 5.21. The maximum absolute atomic E-state index is 4.93. The Balaban J connectivity index is 2.23. The molecule has 0 saturated carbocycles. The quantitative estimate of drug-likeness (QED) is 0.568. The molecule has 2 nitrogen and oxygen atoms in total. The van der Waals surface area contributed by atoms with E-state index in [-0.39, 0.29) is 6.10 Å². The van der Waals surface area contributed by atoms with Crippen molar-refractivity contribution in [3.05, 3.63) is 48.2 Å². The summed E-state index contributed by atoms with van der Waals surface area (Å²) < 4.78 is 0. The van der Waals surface area contributed by atoms with Crippen LogP contribution < -0.4 is 0 Å². The van der Waals surface area contributed by atoms with Gasteiger partial charge in [-0.25, -0.2) is 0 Å². The first kappa shape index (κ1) is 6.43. The van der Waals surface area contributed by atoms with Gasteiger partial charge in [0.05, 0.1) is 0 Å². The Hall–Kier alpha value is -1.28. The van der Waals surface area contributed by atoms with Crippen molar-refractivity contribution in [2.45, 2.75) is 6.10 Å². The fourth-order valence-corrected chi connectivity index (χ4v) is 1.04. The van der Waals surface area contributed by atoms with Crippen LogP contribution in [0.5, 0.6) is 0 Å². The van der Waals surface area contributed by atoms with Crippen LogP contribution in [0.4, 0.5) is 0 Å². The lowest BCUT2D eigenvalue weighted by Gasteiger charge is -2.04. The predicted octanol–water partition coefficient (Wildman–Crippen LogP) is 2.20. The van der Waals surface area contributed by atoms with Crippen molar-refractivity contribution in [1.29, 1.82) is 0 Å². The van der Waals surface area contributed by atoms with Crippen molar-refractivity contribution in [3.8, 4) is 0 Å². The first-order chi connectivity index (χ1) is 5.47. The van der Waals surface area contributed by atoms with E-state index in [1.807, 2.05) is 36.4 Å². The third-order valence-electron chi connectivity index (χ3n) is 1.60. The maximum atomic E-state index is 4.93. The van der Waals surface area contributed by atoms with E-state index in [0.29, 0.717) is 0 Å². The van der Waals surface area contributed by atoms with Crippen LogP contribution in [-0.4, -0.2) is 0 Å². The molecule has 0 spiro atoms. The minimum atomic E-state index is -0.0313. The maximum Gasteiger partial charge on any atom is 0.151 e. The molecule has 1 aliphatic heterocycles. The third-order valence-corrected chi connectivity index (χ3v) is 1.60. The highest BCUT2D eigenvalue weighted by Crippen LogP contribution is 2.22. The molecule has 1 unspecified atom stereocenters. The lowest BCUT2D eigenvalue weighted by atomic mass is 10.1. The summed E-state index contributed by atoms with van der Waals surface area (Å²) in [6.45, 7) is 0. The van der Waals surface area contributed by atoms with Gasteiger partial charge in [0.2, 0.25) is 0 Å². The van der Waals surface area contributed by atoms with Crippen molar-refractivity contribution < 1.29 is 9.78 Å². The summed E-state index contributed by atoms with van der Waals surface area (Å²) in [7, 11) is 0. The first-order valence-electron chi connectivity index (χ1n) is 3.50. The Bertz CT molecular complexity index is 254. The second kappa shape index (κ2) is 2.76. The minimum Gasteiger partial charge on any atom is -0.345 e. The van der Waals surface area contributed by atoms with E-state index < -0.39 is 0 Å². The average Bonchev–Trinajstić information content (AvgIpc) is 2.58. The minimum absolute atomic E-state index is 0.0313. The van der Waals surface area contributed by atoms with E-state index in [9.17, 15) is 0 Å². The summed E-state index contributed by atoms with van der Waals surface area (Å²) in [5.74, 6) is 0. The van der Waals surface area contributed by atoms with Gasteiger partial charge >= 0.3 is 0 Å². The molecule has 0 radical (unpaired) electrons. The van der Waals surface area contributed by atoms with Crippen molar-refractivity contribution in [3.63, 3.8) is 0 Å². The molecule has 1 aromatic carbocycles. The summed E-state index contributed by atoms with van der Waals surface area (Å²) in [6, 6.07) is 9.94. The average molecular weight is 148 g/mol. The van der Waals surface area contributed by atoms with Gasteiger partial charge in [0, 0.05) is 0 Å². The molecule has 2 rings (SSSR count). The first-order valence-corrected chi connectivity index (χ1v) is 3.50. The Morgan fingerprint density at radius 1 is 1.09 bits per heavy atom. The van der Waals surface area contributed by atoms with Gasteiger partial charge in [-0.15, -0.1) is 0 Å². The Morgan fingerprint density at radius 3 is 2.55 bits per heavy atom. The van der Waals surface area contributed by atoms with Gasteiger partial charge in [0.15, 0.2) is 6.10 Å². The van der Waals surface area contributed by atoms with Gasteiger partial charge in [-0.2, -0.15) is 4.89 Å². The lowest BCUT2D eigenvalue weighted by Crippen LogP contribution is -1.93. The van der Waals surface area contributed by atoms with Crippen LogP contribution in [0.2, 0.25) is 0 Å². The number of hydrogen-bond donors (Lipinski definition) is 0. The lowest BCUT2D eigenvalue weighted by molar-refractivity contribution is -0.254. The number of hydrogen-bond acceptors (Lipinski definition) is 2. The van der Waals surface area contributed by atoms with E-state index in [4.69, 9.17) is 4.89 Å². The van der Waals surface area contributed by atoms with Gasteiger partial charge in [-0.3, -0.25) is 0 Å². The van der Waals surface area contributed by atoms with Gasteiger partial charge in [0.1, 0.15) is 6.26 Å². The summed E-state index contributed by atoms with van der Waals surface area (Å²) >= 11 is 0. The summed E-state index contributed by atoms with van der Waals surface area (Å²) in [5, 5.41) is 0. The van der Waals surface area contributed by atoms with Crippen LogP contribution in [0.15, 0.2) is 42.7 Å². The zero-order valence-electron chi connectivity index (χ0n) is 5.94. The monoisotopic (exact) mass is 148 g/mol. The van der Waals surface area contributed by atoms with Crippen LogP contribution in [0, 0.1) is 0 Å². The molecular formula is C9H8O2. The second-order valence-corrected chi connectivity index (χ2v) is 2.35. The van der Waals surface area contributed by atoms with Gasteiger partial charge in [-0.1, -0.05) is 30.3 Å². The molecule has 2 heteroatoms. The molecule has 0 aromatic heterocycles. The Morgan fingerprint density at radius 2 is 1.91 bits per heavy atom. The highest BCUT2D eigenvalue weighted by atomic mass is 17.2. The van der Waals surface area contributed by atoms with E-state index in [2.05, 4.69) is 4.89 Å². The number of benzene rings is 1. The Kier molecular flexibility index (Phi) is 1.61. The van der Waals surface area contributed by atoms with Gasteiger partial charge in [0.25, 0.3) is 0 Å². The van der Waals surface area contributed by atoms with Crippen molar-refractivity contribution in [2.75, 3.05) is 0 Å². The van der Waals surface area contributed by atoms with E-state index >= 15 is 0 Å². The molecule has 56 valence electrons. The summed E-state index contributed by atoms with van der Waals surface area (Å²) in [5.41, 5.74) is 1.11. The van der Waals surface area contributed by atoms with Crippen LogP contribution in [0.1, 0.15) is 11.7 Å². The van der Waals surface area contributed by atoms with Crippen LogP contribution >= 0.6 is 0 Å². The molecule has 1 aromatic rings. The summed E-state index contributed by atoms with van der Waals surface area (Å²) in [6.07, 6.45) is 3.39. The van der Waals surface area contributed by atoms with Crippen molar-refractivity contribution >= 4 is 0 Å². The Labute approximate surface area is 65.0 Å². The normalized spacial score (nSPS) is 21.6. The zero-order valence-corrected chi connectivity index (χ0v) is 5.94. The largest absolute Gasteiger partial charge is 0.345 e. The molecular weight excluding hydrogens is 140 g/mol.